The van der Waals surface area contributed by atoms with Gasteiger partial charge in [-0.25, -0.2) is 9.37 Å². The molecule has 1 aliphatic rings. The maximum absolute atomic E-state index is 14.2. The molecule has 1 N–H and O–H groups in total. The molecule has 1 saturated heterocycles. The number of ketones is 1. The highest BCUT2D eigenvalue weighted by Crippen LogP contribution is 2.44. The summed E-state index contributed by atoms with van der Waals surface area (Å²) in [5.74, 6) is -1.47. The largest absolute Gasteiger partial charge is 0.507 e. The van der Waals surface area contributed by atoms with Crippen LogP contribution in [-0.4, -0.2) is 36.0 Å². The van der Waals surface area contributed by atoms with E-state index in [1.807, 2.05) is 0 Å². The lowest BCUT2D eigenvalue weighted by molar-refractivity contribution is -0.132. The van der Waals surface area contributed by atoms with Gasteiger partial charge in [-0.2, -0.15) is 0 Å². The Kier molecular flexibility index (Phi) is 5.70. The summed E-state index contributed by atoms with van der Waals surface area (Å²) in [5, 5.41) is 11.4. The molecule has 0 radical (unpaired) electrons. The van der Waals surface area contributed by atoms with Crippen LogP contribution in [0.25, 0.3) is 16.0 Å². The minimum Gasteiger partial charge on any atom is -0.507 e. The Labute approximate surface area is 203 Å². The zero-order valence-corrected chi connectivity index (χ0v) is 19.5. The Morgan fingerprint density at radius 2 is 1.71 bits per heavy atom. The molecular weight excluding hydrogens is 471 g/mol. The molecule has 5 rings (SSSR count). The number of thiazole rings is 1. The highest BCUT2D eigenvalue weighted by atomic mass is 32.1. The quantitative estimate of drug-likeness (QED) is 0.239. The van der Waals surface area contributed by atoms with Crippen LogP contribution < -0.4 is 14.4 Å². The van der Waals surface area contributed by atoms with Crippen LogP contribution in [0.5, 0.6) is 11.5 Å². The number of benzene rings is 3. The number of nitrogens with zero attached hydrogens (tertiary/aromatic N) is 2. The Morgan fingerprint density at radius 3 is 2.40 bits per heavy atom. The second-order valence-electron chi connectivity index (χ2n) is 7.78. The Bertz CT molecular complexity index is 1500. The number of rotatable bonds is 5. The first-order valence-corrected chi connectivity index (χ1v) is 11.4. The molecule has 0 spiro atoms. The summed E-state index contributed by atoms with van der Waals surface area (Å²) in [4.78, 5) is 32.3. The first-order chi connectivity index (χ1) is 16.9. The fourth-order valence-corrected chi connectivity index (χ4v) is 5.07. The van der Waals surface area contributed by atoms with Gasteiger partial charge in [-0.1, -0.05) is 23.5 Å². The van der Waals surface area contributed by atoms with Gasteiger partial charge in [-0.3, -0.25) is 14.5 Å². The number of halogens is 1. The van der Waals surface area contributed by atoms with E-state index in [-0.39, 0.29) is 16.5 Å². The summed E-state index contributed by atoms with van der Waals surface area (Å²) in [7, 11) is 3.06. The van der Waals surface area contributed by atoms with Crippen LogP contribution >= 0.6 is 11.3 Å². The Balaban J connectivity index is 1.70. The second kappa shape index (κ2) is 8.84. The maximum Gasteiger partial charge on any atom is 0.301 e. The number of aliphatic hydroxyl groups excluding tert-OH is 1. The smallest absolute Gasteiger partial charge is 0.301 e. The molecule has 2 heterocycles. The molecule has 0 saturated carbocycles. The molecule has 0 bridgehead atoms. The molecule has 1 amide bonds. The third-order valence-corrected chi connectivity index (χ3v) is 6.78. The van der Waals surface area contributed by atoms with Gasteiger partial charge in [-0.05, 0) is 60.2 Å². The second-order valence-corrected chi connectivity index (χ2v) is 8.79. The van der Waals surface area contributed by atoms with Gasteiger partial charge in [0.05, 0.1) is 36.1 Å². The molecular formula is C26H19FN2O5S. The molecule has 176 valence electrons. The van der Waals surface area contributed by atoms with Crippen molar-refractivity contribution >= 4 is 44.1 Å². The van der Waals surface area contributed by atoms with E-state index in [2.05, 4.69) is 4.98 Å². The van der Waals surface area contributed by atoms with E-state index in [1.165, 1.54) is 41.5 Å². The van der Waals surface area contributed by atoms with Crippen LogP contribution in [0.3, 0.4) is 0 Å². The number of carbonyl (C=O) groups excluding carboxylic acids is 2. The molecule has 1 atom stereocenters. The predicted octanol–water partition coefficient (Wildman–Crippen LogP) is 5.08. The number of Topliss-reactive ketones (excluding diaryl/α,β-unsaturated/α-hetero) is 1. The number of ether oxygens (including phenoxy) is 2. The molecule has 3 aromatic carbocycles. The minimum atomic E-state index is -1.07. The lowest BCUT2D eigenvalue weighted by atomic mass is 9.95. The molecule has 35 heavy (non-hydrogen) atoms. The van der Waals surface area contributed by atoms with E-state index >= 15 is 0 Å². The number of anilines is 1. The average Bonchev–Trinajstić information content (AvgIpc) is 3.41. The summed E-state index contributed by atoms with van der Waals surface area (Å²) in [6, 6.07) is 16.2. The fourth-order valence-electron chi connectivity index (χ4n) is 4.05. The summed E-state index contributed by atoms with van der Waals surface area (Å²) >= 11 is 1.19. The number of aliphatic hydroxyl groups is 1. The molecule has 1 fully saturated rings. The van der Waals surface area contributed by atoms with Crippen LogP contribution in [-0.2, 0) is 9.59 Å². The topological polar surface area (TPSA) is 89.0 Å². The van der Waals surface area contributed by atoms with Crippen molar-refractivity contribution in [2.24, 2.45) is 0 Å². The summed E-state index contributed by atoms with van der Waals surface area (Å²) < 4.78 is 25.4. The molecule has 7 nitrogen and oxygen atoms in total. The normalized spacial score (nSPS) is 17.2. The van der Waals surface area contributed by atoms with Crippen LogP contribution in [0.15, 0.2) is 72.3 Å². The van der Waals surface area contributed by atoms with E-state index in [1.54, 1.807) is 55.6 Å². The standard InChI is InChI=1S/C26H19FN2O5S/c1-33-17-8-6-14(7-9-17)23(30)21-22(15-4-3-5-16(27)12-15)29(25(32)24(21)31)26-28-19-11-10-18(34-2)13-20(19)35-26/h3-13,22,30H,1-2H3/b23-21+/t22-/m1/s1. The highest BCUT2D eigenvalue weighted by molar-refractivity contribution is 7.22. The predicted molar refractivity (Wildman–Crippen MR) is 130 cm³/mol. The summed E-state index contributed by atoms with van der Waals surface area (Å²) in [5.41, 5.74) is 1.11. The van der Waals surface area contributed by atoms with Gasteiger partial charge in [-0.15, -0.1) is 0 Å². The van der Waals surface area contributed by atoms with Crippen molar-refractivity contribution in [2.75, 3.05) is 19.1 Å². The number of amides is 1. The Hall–Kier alpha value is -4.24. The van der Waals surface area contributed by atoms with E-state index in [0.29, 0.717) is 28.1 Å². The molecule has 1 aliphatic heterocycles. The van der Waals surface area contributed by atoms with E-state index in [0.717, 1.165) is 4.70 Å². The number of hydrogen-bond donors (Lipinski definition) is 1. The van der Waals surface area contributed by atoms with Gasteiger partial charge >= 0.3 is 5.91 Å². The monoisotopic (exact) mass is 490 g/mol. The third-order valence-electron chi connectivity index (χ3n) is 5.76. The van der Waals surface area contributed by atoms with E-state index in [9.17, 15) is 19.1 Å². The summed E-state index contributed by atoms with van der Waals surface area (Å²) in [6.45, 7) is 0. The average molecular weight is 491 g/mol. The number of aromatic nitrogens is 1. The lowest BCUT2D eigenvalue weighted by Gasteiger charge is -2.23. The van der Waals surface area contributed by atoms with Crippen LogP contribution in [0, 0.1) is 5.82 Å². The van der Waals surface area contributed by atoms with E-state index < -0.39 is 23.5 Å². The molecule has 1 aromatic heterocycles. The van der Waals surface area contributed by atoms with Crippen LogP contribution in [0.2, 0.25) is 0 Å². The van der Waals surface area contributed by atoms with Crippen molar-refractivity contribution < 1.29 is 28.6 Å². The van der Waals surface area contributed by atoms with Crippen LogP contribution in [0.1, 0.15) is 17.2 Å². The molecule has 0 aliphatic carbocycles. The summed E-state index contributed by atoms with van der Waals surface area (Å²) in [6.07, 6.45) is 0. The Morgan fingerprint density at radius 1 is 1.00 bits per heavy atom. The zero-order chi connectivity index (χ0) is 24.7. The van der Waals surface area contributed by atoms with Crippen molar-refractivity contribution in [3.63, 3.8) is 0 Å². The van der Waals surface area contributed by atoms with Gasteiger partial charge in [0, 0.05) is 5.56 Å². The van der Waals surface area contributed by atoms with Crippen molar-refractivity contribution in [3.05, 3.63) is 89.2 Å². The van der Waals surface area contributed by atoms with Gasteiger partial charge in [0.2, 0.25) is 0 Å². The zero-order valence-electron chi connectivity index (χ0n) is 18.7. The lowest BCUT2D eigenvalue weighted by Crippen LogP contribution is -2.29. The van der Waals surface area contributed by atoms with Crippen molar-refractivity contribution in [2.45, 2.75) is 6.04 Å². The fraction of sp³-hybridized carbons (Fsp3) is 0.115. The van der Waals surface area contributed by atoms with Gasteiger partial charge < -0.3 is 14.6 Å². The van der Waals surface area contributed by atoms with Gasteiger partial charge in [0.1, 0.15) is 23.1 Å². The first kappa shape index (κ1) is 22.5. The minimum absolute atomic E-state index is 0.150. The molecule has 4 aromatic rings. The number of carbonyl (C=O) groups is 2. The number of methoxy groups -OCH3 is 2. The van der Waals surface area contributed by atoms with E-state index in [4.69, 9.17) is 9.47 Å². The van der Waals surface area contributed by atoms with Gasteiger partial charge in [0.25, 0.3) is 5.78 Å². The van der Waals surface area contributed by atoms with Crippen molar-refractivity contribution in [1.29, 1.82) is 0 Å². The molecule has 0 unspecified atom stereocenters. The SMILES string of the molecule is COc1ccc(/C(O)=C2\C(=O)C(=O)N(c3nc4ccc(OC)cc4s3)[C@@H]2c2cccc(F)c2)cc1. The van der Waals surface area contributed by atoms with Crippen molar-refractivity contribution in [3.8, 4) is 11.5 Å². The van der Waals surface area contributed by atoms with Crippen molar-refractivity contribution in [1.82, 2.24) is 4.98 Å². The van der Waals surface area contributed by atoms with Gasteiger partial charge in [0.15, 0.2) is 5.13 Å². The number of fused-ring (bicyclic) bond motifs is 1. The molecule has 9 heteroatoms. The highest BCUT2D eigenvalue weighted by Gasteiger charge is 2.48. The number of hydrogen-bond acceptors (Lipinski definition) is 7. The third kappa shape index (κ3) is 3.89. The first-order valence-electron chi connectivity index (χ1n) is 10.6. The van der Waals surface area contributed by atoms with Crippen LogP contribution in [0.4, 0.5) is 9.52 Å². The maximum atomic E-state index is 14.2.